The first kappa shape index (κ1) is 39.0. The molecule has 0 aliphatic carbocycles. The minimum Gasteiger partial charge on any atom is -0.453 e. The Morgan fingerprint density at radius 3 is 2.02 bits per heavy atom. The zero-order chi connectivity index (χ0) is 40.4. The Morgan fingerprint density at radius 2 is 1.37 bits per heavy atom. The summed E-state index contributed by atoms with van der Waals surface area (Å²) in [5.41, 5.74) is 4.25. The average Bonchev–Trinajstić information content (AvgIpc) is 4.05. The quantitative estimate of drug-likeness (QED) is 0.150. The van der Waals surface area contributed by atoms with Crippen LogP contribution in [0.15, 0.2) is 42.5 Å². The Bertz CT molecular complexity index is 2400. The van der Waals surface area contributed by atoms with Crippen molar-refractivity contribution < 1.29 is 33.4 Å². The van der Waals surface area contributed by atoms with Crippen molar-refractivity contribution in [1.29, 1.82) is 0 Å². The predicted octanol–water partition coefficient (Wildman–Crippen LogP) is 4.85. The molecule has 4 N–H and O–H groups in total. The highest BCUT2D eigenvalue weighted by Gasteiger charge is 2.40. The number of ether oxygens (including phenoxy) is 3. The number of hydrogen-bond donors (Lipinski definition) is 4. The van der Waals surface area contributed by atoms with Crippen LogP contribution in [-0.2, 0) is 23.8 Å². The van der Waals surface area contributed by atoms with E-state index in [1.54, 1.807) is 16.7 Å². The zero-order valence-corrected chi connectivity index (χ0v) is 32.8. The van der Waals surface area contributed by atoms with E-state index in [0.29, 0.717) is 41.6 Å². The fraction of sp³-hybridized carbons (Fsp3) is 0.439. The maximum Gasteiger partial charge on any atom is 0.407 e. The third-order valence-corrected chi connectivity index (χ3v) is 10.8. The van der Waals surface area contributed by atoms with Crippen LogP contribution in [-0.4, -0.2) is 111 Å². The first-order valence-corrected chi connectivity index (χ1v) is 19.1. The second-order valence-electron chi connectivity index (χ2n) is 14.7. The number of amides is 4. The number of benzene rings is 2. The van der Waals surface area contributed by atoms with Gasteiger partial charge in [-0.25, -0.2) is 24.5 Å². The lowest BCUT2D eigenvalue weighted by Crippen LogP contribution is -2.54. The smallest absolute Gasteiger partial charge is 0.407 e. The Labute approximate surface area is 329 Å². The number of fused-ring (bicyclic) bond motifs is 4. The Balaban J connectivity index is 1.09. The molecule has 0 saturated carbocycles. The molecule has 0 spiro atoms. The molecule has 0 bridgehead atoms. The minimum absolute atomic E-state index is 0.130. The van der Waals surface area contributed by atoms with Crippen molar-refractivity contribution >= 4 is 57.0 Å². The summed E-state index contributed by atoms with van der Waals surface area (Å²) in [5.74, 6) is 7.18. The molecule has 5 aromatic rings. The molecule has 2 aliphatic heterocycles. The maximum absolute atomic E-state index is 13.7. The zero-order valence-electron chi connectivity index (χ0n) is 32.8. The van der Waals surface area contributed by atoms with Gasteiger partial charge in [0.05, 0.1) is 43.4 Å². The maximum atomic E-state index is 13.7. The highest BCUT2D eigenvalue weighted by molar-refractivity contribution is 6.04. The molecule has 5 heterocycles. The number of methoxy groups -OCH3 is 3. The number of likely N-dealkylation sites (tertiary alicyclic amines) is 2. The summed E-state index contributed by atoms with van der Waals surface area (Å²) in [6.07, 6.45) is 1.15. The van der Waals surface area contributed by atoms with E-state index in [-0.39, 0.29) is 29.8 Å². The van der Waals surface area contributed by atoms with Crippen LogP contribution in [0.2, 0.25) is 0 Å². The number of nitrogens with one attached hydrogen (secondary N) is 4. The van der Waals surface area contributed by atoms with Crippen LogP contribution in [0.4, 0.5) is 9.59 Å². The number of hydrogen-bond acceptors (Lipinski definition) is 10. The number of H-pyrrole nitrogens is 2. The lowest BCUT2D eigenvalue weighted by atomic mass is 10.0. The first-order valence-electron chi connectivity index (χ1n) is 19.1. The summed E-state index contributed by atoms with van der Waals surface area (Å²) in [6.45, 7) is 6.58. The van der Waals surface area contributed by atoms with Gasteiger partial charge in [-0.05, 0) is 80.2 Å². The van der Waals surface area contributed by atoms with Crippen molar-refractivity contribution in [2.75, 3.05) is 34.4 Å². The molecule has 16 heteroatoms. The van der Waals surface area contributed by atoms with E-state index in [4.69, 9.17) is 29.2 Å². The molecule has 0 radical (unpaired) electrons. The highest BCUT2D eigenvalue weighted by Crippen LogP contribution is 2.35. The van der Waals surface area contributed by atoms with Crippen LogP contribution >= 0.6 is 0 Å². The standard InChI is InChI=1S/C41H47N9O7/c1-22(2)32(46-40(53)56-5)38(51)49-19-8-10-31(49)37-44-29-18-15-26(42-35(29)48-37)14-11-24-12-16-27-25(21-24)13-17-28-34(27)45-36(43-28)30-9-7-20-50(30)39(52)33(23(3)55-4)47-41(54)57-6/h12-13,15-18,21-23,30-33H,7-10,19-20H2,1-6H3,(H,43,45)(H,46,53)(H,47,54)(H,42,44,48)/t23-,30+,31+,32+,33+/m1/s1. The van der Waals surface area contributed by atoms with Crippen LogP contribution in [0.25, 0.3) is 33.0 Å². The first-order chi connectivity index (χ1) is 27.5. The fourth-order valence-electron chi connectivity index (χ4n) is 7.73. The second-order valence-corrected chi connectivity index (χ2v) is 14.7. The molecule has 16 nitrogen and oxygen atoms in total. The van der Waals surface area contributed by atoms with Gasteiger partial charge in [-0.2, -0.15) is 0 Å². The van der Waals surface area contributed by atoms with Crippen LogP contribution in [0.5, 0.6) is 0 Å². The minimum atomic E-state index is -0.913. The number of aromatic amines is 2. The third-order valence-electron chi connectivity index (χ3n) is 10.8. The van der Waals surface area contributed by atoms with Crippen LogP contribution < -0.4 is 10.6 Å². The number of rotatable bonds is 9. The van der Waals surface area contributed by atoms with Crippen molar-refractivity contribution in [3.63, 3.8) is 0 Å². The second kappa shape index (κ2) is 16.5. The number of imidazole rings is 2. The summed E-state index contributed by atoms with van der Waals surface area (Å²) in [5, 5.41) is 7.25. The molecule has 2 fully saturated rings. The SMILES string of the molecule is COC(=O)N[C@H](C(=O)N1CCC[C@H]1c1nc2ccc(C#Cc3ccc4c(ccc5nc([C@@H]6CCCN6C(=O)[C@@H](NC(=O)OC)[C@@H](C)OC)[nH]c54)c3)nc2[nH]1)C(C)C. The van der Waals surface area contributed by atoms with Gasteiger partial charge in [-0.15, -0.1) is 0 Å². The van der Waals surface area contributed by atoms with Gasteiger partial charge in [-0.3, -0.25) is 9.59 Å². The highest BCUT2D eigenvalue weighted by atomic mass is 16.5. The van der Waals surface area contributed by atoms with Crippen LogP contribution in [0.3, 0.4) is 0 Å². The van der Waals surface area contributed by atoms with Crippen LogP contribution in [0.1, 0.15) is 81.4 Å². The summed E-state index contributed by atoms with van der Waals surface area (Å²) in [4.78, 5) is 76.0. The summed E-state index contributed by atoms with van der Waals surface area (Å²) in [7, 11) is 4.03. The molecule has 4 amide bonds. The van der Waals surface area contributed by atoms with E-state index in [0.717, 1.165) is 53.1 Å². The molecule has 57 heavy (non-hydrogen) atoms. The van der Waals surface area contributed by atoms with Gasteiger partial charge in [-0.1, -0.05) is 31.9 Å². The largest absolute Gasteiger partial charge is 0.453 e. The summed E-state index contributed by atoms with van der Waals surface area (Å²) < 4.78 is 14.9. The van der Waals surface area contributed by atoms with Crippen molar-refractivity contribution in [2.24, 2.45) is 5.92 Å². The molecule has 0 unspecified atom stereocenters. The summed E-state index contributed by atoms with van der Waals surface area (Å²) >= 11 is 0. The number of carbonyl (C=O) groups is 4. The molecule has 5 atom stereocenters. The van der Waals surface area contributed by atoms with E-state index in [1.807, 2.05) is 56.3 Å². The number of aromatic nitrogens is 5. The van der Waals surface area contributed by atoms with E-state index in [1.165, 1.54) is 21.3 Å². The van der Waals surface area contributed by atoms with Gasteiger partial charge in [0, 0.05) is 31.1 Å². The lowest BCUT2D eigenvalue weighted by molar-refractivity contribution is -0.137. The van der Waals surface area contributed by atoms with Gasteiger partial charge in [0.2, 0.25) is 11.8 Å². The Hall–Kier alpha value is -6.21. The molecule has 298 valence electrons. The number of carbonyl (C=O) groups excluding carboxylic acids is 4. The Kier molecular flexibility index (Phi) is 11.3. The molecule has 3 aromatic heterocycles. The normalized spacial score (nSPS) is 18.4. The fourth-order valence-corrected chi connectivity index (χ4v) is 7.73. The molecule has 2 aliphatic rings. The van der Waals surface area contributed by atoms with E-state index >= 15 is 0 Å². The summed E-state index contributed by atoms with van der Waals surface area (Å²) in [6, 6.07) is 11.4. The molecular formula is C41H47N9O7. The van der Waals surface area contributed by atoms with E-state index in [2.05, 4.69) is 32.4 Å². The molecule has 2 aromatic carbocycles. The van der Waals surface area contributed by atoms with Crippen molar-refractivity contribution in [1.82, 2.24) is 45.4 Å². The number of pyridine rings is 1. The van der Waals surface area contributed by atoms with Gasteiger partial charge in [0.15, 0.2) is 5.65 Å². The van der Waals surface area contributed by atoms with Crippen LogP contribution in [0, 0.1) is 17.8 Å². The predicted molar refractivity (Wildman–Crippen MR) is 211 cm³/mol. The number of alkyl carbamates (subject to hydrolysis) is 2. The molecule has 2 saturated heterocycles. The van der Waals surface area contributed by atoms with Crippen molar-refractivity contribution in [3.05, 3.63) is 65.4 Å². The average molecular weight is 778 g/mol. The van der Waals surface area contributed by atoms with Gasteiger partial charge in [0.25, 0.3) is 0 Å². The lowest BCUT2D eigenvalue weighted by Gasteiger charge is -2.30. The van der Waals surface area contributed by atoms with Gasteiger partial charge >= 0.3 is 12.2 Å². The Morgan fingerprint density at radius 1 is 0.754 bits per heavy atom. The van der Waals surface area contributed by atoms with Gasteiger partial charge in [0.1, 0.15) is 34.9 Å². The van der Waals surface area contributed by atoms with E-state index < -0.39 is 30.4 Å². The van der Waals surface area contributed by atoms with Crippen molar-refractivity contribution in [2.45, 2.75) is 76.7 Å². The van der Waals surface area contributed by atoms with E-state index in [9.17, 15) is 19.2 Å². The number of nitrogens with zero attached hydrogens (tertiary/aromatic N) is 5. The topological polar surface area (TPSA) is 197 Å². The van der Waals surface area contributed by atoms with Gasteiger partial charge < -0.3 is 44.6 Å². The van der Waals surface area contributed by atoms with Crippen molar-refractivity contribution in [3.8, 4) is 11.8 Å². The molecule has 7 rings (SSSR count). The third kappa shape index (κ3) is 7.92. The molecular weight excluding hydrogens is 731 g/mol. The monoisotopic (exact) mass is 777 g/mol.